The molecule has 24 heavy (non-hydrogen) atoms. The van der Waals surface area contributed by atoms with Gasteiger partial charge in [-0.15, -0.1) is 0 Å². The smallest absolute Gasteiger partial charge is 0.230 e. The van der Waals surface area contributed by atoms with Crippen molar-refractivity contribution in [1.82, 2.24) is 19.7 Å². The van der Waals surface area contributed by atoms with Crippen LogP contribution in [0.3, 0.4) is 0 Å². The third kappa shape index (κ3) is 4.01. The Balaban J connectivity index is 1.63. The highest BCUT2D eigenvalue weighted by Crippen LogP contribution is 2.15. The van der Waals surface area contributed by atoms with E-state index < -0.39 is 0 Å². The fourth-order valence-electron chi connectivity index (χ4n) is 2.32. The predicted molar refractivity (Wildman–Crippen MR) is 93.6 cm³/mol. The fourth-order valence-corrected chi connectivity index (χ4v) is 2.32. The van der Waals surface area contributed by atoms with Gasteiger partial charge in [-0.25, -0.2) is 4.98 Å². The fraction of sp³-hybridized carbons (Fsp3) is 0.235. The number of nitrogens with one attached hydrogen (secondary N) is 2. The number of nitrogens with zero attached hydrogens (tertiary/aromatic N) is 4. The molecule has 0 atom stereocenters. The molecule has 3 rings (SSSR count). The molecule has 0 aliphatic rings. The normalized spacial score (nSPS) is 10.6. The minimum absolute atomic E-state index is 0.281. The number of aryl methyl sites for hydroxylation is 2. The summed E-state index contributed by atoms with van der Waals surface area (Å²) in [6, 6.07) is 11.0. The zero-order chi connectivity index (χ0) is 16.9. The Morgan fingerprint density at radius 3 is 2.62 bits per heavy atom. The number of benzene rings is 1. The predicted octanol–water partition coefficient (Wildman–Crippen LogP) is 2.62. The summed E-state index contributed by atoms with van der Waals surface area (Å²) in [5.41, 5.74) is 2.03. The maximum atomic E-state index is 9.30. The average Bonchev–Trinajstić information content (AvgIpc) is 2.94. The molecular weight excluding hydrogens is 304 g/mol. The molecule has 0 aliphatic heterocycles. The zero-order valence-electron chi connectivity index (χ0n) is 13.7. The quantitative estimate of drug-likeness (QED) is 0.646. The van der Waals surface area contributed by atoms with Crippen molar-refractivity contribution >= 4 is 17.6 Å². The van der Waals surface area contributed by atoms with Crippen molar-refractivity contribution in [3.8, 4) is 5.75 Å². The van der Waals surface area contributed by atoms with Crippen molar-refractivity contribution < 1.29 is 5.11 Å². The largest absolute Gasteiger partial charge is 0.508 e. The Morgan fingerprint density at radius 1 is 1.12 bits per heavy atom. The number of hydrogen-bond donors (Lipinski definition) is 3. The number of rotatable bonds is 6. The molecule has 0 fully saturated rings. The molecule has 0 aliphatic carbocycles. The number of phenols is 1. The molecule has 0 radical (unpaired) electrons. The van der Waals surface area contributed by atoms with Crippen molar-refractivity contribution in [2.24, 2.45) is 7.05 Å². The van der Waals surface area contributed by atoms with Crippen LogP contribution in [0.15, 0.2) is 42.6 Å². The van der Waals surface area contributed by atoms with Crippen LogP contribution < -0.4 is 10.6 Å². The molecule has 2 heterocycles. The van der Waals surface area contributed by atoms with Gasteiger partial charge in [0.1, 0.15) is 17.4 Å². The second kappa shape index (κ2) is 6.99. The molecule has 0 saturated carbocycles. The molecular formula is C17H20N6O. The van der Waals surface area contributed by atoms with E-state index in [1.807, 2.05) is 38.2 Å². The SMILES string of the molecule is Cc1cc(NCCc2ccc(O)cc2)nc(Nc2ccnn2C)n1. The van der Waals surface area contributed by atoms with E-state index in [0.717, 1.165) is 35.9 Å². The third-order valence-corrected chi connectivity index (χ3v) is 3.57. The van der Waals surface area contributed by atoms with Gasteiger partial charge in [-0.2, -0.15) is 10.1 Å². The molecule has 1 aromatic carbocycles. The van der Waals surface area contributed by atoms with Crippen molar-refractivity contribution in [3.05, 3.63) is 53.9 Å². The molecule has 0 spiro atoms. The van der Waals surface area contributed by atoms with Gasteiger partial charge >= 0.3 is 0 Å². The van der Waals surface area contributed by atoms with Crippen molar-refractivity contribution in [2.45, 2.75) is 13.3 Å². The van der Waals surface area contributed by atoms with Gasteiger partial charge in [0, 0.05) is 31.4 Å². The number of aromatic hydroxyl groups is 1. The molecule has 2 aromatic heterocycles. The monoisotopic (exact) mass is 324 g/mol. The van der Waals surface area contributed by atoms with E-state index in [-0.39, 0.29) is 5.75 Å². The van der Waals surface area contributed by atoms with Crippen LogP contribution in [0, 0.1) is 6.92 Å². The highest BCUT2D eigenvalue weighted by molar-refractivity contribution is 5.51. The van der Waals surface area contributed by atoms with E-state index in [9.17, 15) is 5.11 Å². The second-order valence-corrected chi connectivity index (χ2v) is 5.53. The van der Waals surface area contributed by atoms with E-state index in [2.05, 4.69) is 25.7 Å². The molecule has 3 N–H and O–H groups in total. The van der Waals surface area contributed by atoms with Crippen molar-refractivity contribution in [1.29, 1.82) is 0 Å². The highest BCUT2D eigenvalue weighted by atomic mass is 16.3. The van der Waals surface area contributed by atoms with E-state index in [4.69, 9.17) is 0 Å². The standard InChI is InChI=1S/C17H20N6O/c1-12-11-15(18-9-7-13-3-5-14(24)6-4-13)21-17(20-12)22-16-8-10-19-23(16)2/h3-6,8,10-11,24H,7,9H2,1-2H3,(H2,18,20,21,22). The molecule has 3 aromatic rings. The first-order valence-corrected chi connectivity index (χ1v) is 7.72. The molecule has 124 valence electrons. The van der Waals surface area contributed by atoms with Gasteiger partial charge in [0.15, 0.2) is 0 Å². The maximum Gasteiger partial charge on any atom is 0.230 e. The van der Waals surface area contributed by atoms with Gasteiger partial charge in [-0.05, 0) is 31.0 Å². The molecule has 0 bridgehead atoms. The van der Waals surface area contributed by atoms with E-state index in [1.54, 1.807) is 23.0 Å². The lowest BCUT2D eigenvalue weighted by molar-refractivity contribution is 0.475. The lowest BCUT2D eigenvalue weighted by atomic mass is 10.1. The average molecular weight is 324 g/mol. The Bertz CT molecular complexity index is 812. The molecule has 0 saturated heterocycles. The molecule has 0 amide bonds. The lowest BCUT2D eigenvalue weighted by Gasteiger charge is -2.10. The zero-order valence-corrected chi connectivity index (χ0v) is 13.7. The Morgan fingerprint density at radius 2 is 1.92 bits per heavy atom. The van der Waals surface area contributed by atoms with Crippen LogP contribution in [0.5, 0.6) is 5.75 Å². The van der Waals surface area contributed by atoms with Gasteiger partial charge in [0.05, 0.1) is 6.20 Å². The Kier molecular flexibility index (Phi) is 4.60. The van der Waals surface area contributed by atoms with E-state index >= 15 is 0 Å². The maximum absolute atomic E-state index is 9.30. The topological polar surface area (TPSA) is 87.9 Å². The lowest BCUT2D eigenvalue weighted by Crippen LogP contribution is -2.09. The molecule has 7 nitrogen and oxygen atoms in total. The van der Waals surface area contributed by atoms with E-state index in [0.29, 0.717) is 5.95 Å². The van der Waals surface area contributed by atoms with Crippen LogP contribution >= 0.6 is 0 Å². The minimum Gasteiger partial charge on any atom is -0.508 e. The van der Waals surface area contributed by atoms with Gasteiger partial charge in [-0.3, -0.25) is 4.68 Å². The molecule has 0 unspecified atom stereocenters. The number of hydrogen-bond acceptors (Lipinski definition) is 6. The first kappa shape index (κ1) is 15.8. The van der Waals surface area contributed by atoms with Crippen LogP contribution in [-0.2, 0) is 13.5 Å². The Hall–Kier alpha value is -3.09. The van der Waals surface area contributed by atoms with Gasteiger partial charge < -0.3 is 15.7 Å². The van der Waals surface area contributed by atoms with Crippen molar-refractivity contribution in [2.75, 3.05) is 17.2 Å². The summed E-state index contributed by atoms with van der Waals surface area (Å²) in [6.07, 6.45) is 2.56. The first-order chi connectivity index (χ1) is 11.6. The van der Waals surface area contributed by atoms with Crippen LogP contribution in [0.4, 0.5) is 17.6 Å². The summed E-state index contributed by atoms with van der Waals surface area (Å²) in [5.74, 6) is 2.41. The number of phenolic OH excluding ortho intramolecular Hbond substituents is 1. The highest BCUT2D eigenvalue weighted by Gasteiger charge is 2.05. The van der Waals surface area contributed by atoms with Crippen LogP contribution in [0.2, 0.25) is 0 Å². The summed E-state index contributed by atoms with van der Waals surface area (Å²) >= 11 is 0. The molecule has 7 heteroatoms. The summed E-state index contributed by atoms with van der Waals surface area (Å²) in [7, 11) is 1.86. The first-order valence-electron chi connectivity index (χ1n) is 7.72. The summed E-state index contributed by atoms with van der Waals surface area (Å²) < 4.78 is 1.73. The minimum atomic E-state index is 0.281. The van der Waals surface area contributed by atoms with Crippen LogP contribution in [0.25, 0.3) is 0 Å². The van der Waals surface area contributed by atoms with Crippen molar-refractivity contribution in [3.63, 3.8) is 0 Å². The number of anilines is 3. The summed E-state index contributed by atoms with van der Waals surface area (Å²) in [5, 5.41) is 19.9. The summed E-state index contributed by atoms with van der Waals surface area (Å²) in [4.78, 5) is 8.88. The van der Waals surface area contributed by atoms with Gasteiger partial charge in [0.25, 0.3) is 0 Å². The summed E-state index contributed by atoms with van der Waals surface area (Å²) in [6.45, 7) is 2.67. The van der Waals surface area contributed by atoms with Crippen LogP contribution in [0.1, 0.15) is 11.3 Å². The van der Waals surface area contributed by atoms with E-state index in [1.165, 1.54) is 0 Å². The Labute approximate surface area is 140 Å². The van der Waals surface area contributed by atoms with Gasteiger partial charge in [0.2, 0.25) is 5.95 Å². The second-order valence-electron chi connectivity index (χ2n) is 5.53. The van der Waals surface area contributed by atoms with Crippen LogP contribution in [-0.4, -0.2) is 31.4 Å². The van der Waals surface area contributed by atoms with Gasteiger partial charge in [-0.1, -0.05) is 12.1 Å². The number of aromatic nitrogens is 4. The third-order valence-electron chi connectivity index (χ3n) is 3.57.